The smallest absolute Gasteiger partial charge is 0.264 e. The van der Waals surface area contributed by atoms with Crippen LogP contribution in [0.2, 0.25) is 5.02 Å². The molecule has 7 nitrogen and oxygen atoms in total. The molecule has 1 amide bonds. The number of thiophene rings is 1. The summed E-state index contributed by atoms with van der Waals surface area (Å²) in [7, 11) is -4.04. The topological polar surface area (TPSA) is 95.9 Å². The molecule has 2 bridgehead atoms. The highest BCUT2D eigenvalue weighted by molar-refractivity contribution is 7.90. The van der Waals surface area contributed by atoms with Crippen LogP contribution in [0.3, 0.4) is 0 Å². The number of aryl methyl sites for hydroxylation is 1. The molecule has 244 valence electrons. The van der Waals surface area contributed by atoms with E-state index in [1.54, 1.807) is 18.2 Å². The van der Waals surface area contributed by atoms with Crippen LogP contribution < -0.4 is 14.4 Å². The Balaban J connectivity index is 1.28. The first-order valence-corrected chi connectivity index (χ1v) is 19.2. The number of anilines is 1. The quantitative estimate of drug-likeness (QED) is 0.299. The van der Waals surface area contributed by atoms with Crippen molar-refractivity contribution in [2.45, 2.75) is 68.6 Å². The third-order valence-corrected chi connectivity index (χ3v) is 13.7. The molecule has 6 atom stereocenters. The normalized spacial score (nSPS) is 31.4. The molecule has 0 radical (unpaired) electrons. The largest absolute Gasteiger partial charge is 0.490 e. The zero-order chi connectivity index (χ0) is 32.1. The number of aliphatic hydroxyl groups is 1. The monoisotopic (exact) mass is 680 g/mol. The fourth-order valence-corrected chi connectivity index (χ4v) is 10.6. The van der Waals surface area contributed by atoms with Gasteiger partial charge >= 0.3 is 0 Å². The Morgan fingerprint density at radius 2 is 2.04 bits per heavy atom. The number of halogens is 1. The molecule has 1 spiro atoms. The lowest BCUT2D eigenvalue weighted by molar-refractivity contribution is 0.0456. The molecule has 7 rings (SSSR count). The summed E-state index contributed by atoms with van der Waals surface area (Å²) in [6.45, 7) is 3.79. The molecule has 1 saturated carbocycles. The maximum Gasteiger partial charge on any atom is 0.264 e. The molecular formula is C36H41ClN2O5S2. The highest BCUT2D eigenvalue weighted by Gasteiger charge is 2.44. The summed E-state index contributed by atoms with van der Waals surface area (Å²) in [5, 5.41) is 15.1. The van der Waals surface area contributed by atoms with Crippen LogP contribution in [0.5, 0.6) is 5.75 Å². The molecular weight excluding hydrogens is 640 g/mol. The second-order valence-corrected chi connectivity index (χ2v) is 16.9. The summed E-state index contributed by atoms with van der Waals surface area (Å²) in [5.41, 5.74) is 4.23. The van der Waals surface area contributed by atoms with E-state index in [2.05, 4.69) is 21.8 Å². The Kier molecular flexibility index (Phi) is 8.72. The van der Waals surface area contributed by atoms with Gasteiger partial charge in [-0.2, -0.15) is 11.3 Å². The molecule has 2 aromatic carbocycles. The number of nitrogens with one attached hydrogen (secondary N) is 1. The van der Waals surface area contributed by atoms with Gasteiger partial charge in [-0.25, -0.2) is 13.1 Å². The van der Waals surface area contributed by atoms with Crippen LogP contribution in [-0.4, -0.2) is 50.5 Å². The molecule has 2 aliphatic heterocycles. The molecule has 0 unspecified atom stereocenters. The minimum atomic E-state index is -4.04. The first-order valence-electron chi connectivity index (χ1n) is 16.3. The second kappa shape index (κ2) is 12.6. The van der Waals surface area contributed by atoms with Crippen molar-refractivity contribution in [2.75, 3.05) is 24.6 Å². The Bertz CT molecular complexity index is 1740. The summed E-state index contributed by atoms with van der Waals surface area (Å²) >= 11 is 7.93. The van der Waals surface area contributed by atoms with E-state index in [1.165, 1.54) is 22.5 Å². The van der Waals surface area contributed by atoms with Gasteiger partial charge in [0.05, 0.1) is 23.6 Å². The number of ether oxygens (including phenoxy) is 1. The van der Waals surface area contributed by atoms with Gasteiger partial charge < -0.3 is 14.7 Å². The Hall–Kier alpha value is -2.85. The van der Waals surface area contributed by atoms with E-state index in [0.717, 1.165) is 48.4 Å². The molecule has 2 N–H and O–H groups in total. The van der Waals surface area contributed by atoms with Crippen molar-refractivity contribution in [2.24, 2.45) is 17.8 Å². The maximum absolute atomic E-state index is 13.9. The molecule has 10 heteroatoms. The van der Waals surface area contributed by atoms with Crippen molar-refractivity contribution in [3.8, 4) is 5.75 Å². The van der Waals surface area contributed by atoms with Crippen molar-refractivity contribution in [3.63, 3.8) is 0 Å². The molecule has 46 heavy (non-hydrogen) atoms. The van der Waals surface area contributed by atoms with Crippen LogP contribution in [0.25, 0.3) is 0 Å². The number of carbonyl (C=O) groups is 1. The lowest BCUT2D eigenvalue weighted by Crippen LogP contribution is -2.49. The minimum absolute atomic E-state index is 0.109. The van der Waals surface area contributed by atoms with Gasteiger partial charge in [-0.15, -0.1) is 0 Å². The number of benzene rings is 2. The zero-order valence-corrected chi connectivity index (χ0v) is 28.4. The van der Waals surface area contributed by atoms with Crippen LogP contribution in [0.15, 0.2) is 65.4 Å². The van der Waals surface area contributed by atoms with Crippen LogP contribution in [0.4, 0.5) is 5.69 Å². The lowest BCUT2D eigenvalue weighted by Gasteiger charge is -2.45. The predicted molar refractivity (Wildman–Crippen MR) is 184 cm³/mol. The van der Waals surface area contributed by atoms with Gasteiger partial charge in [0, 0.05) is 29.1 Å². The van der Waals surface area contributed by atoms with Crippen molar-refractivity contribution < 1.29 is 23.1 Å². The number of aliphatic hydroxyl groups excluding tert-OH is 1. The van der Waals surface area contributed by atoms with Gasteiger partial charge in [0.2, 0.25) is 10.0 Å². The average Bonchev–Trinajstić information content (AvgIpc) is 3.47. The molecule has 3 heterocycles. The second-order valence-electron chi connectivity index (χ2n) is 13.8. The Morgan fingerprint density at radius 3 is 2.83 bits per heavy atom. The molecule has 0 saturated heterocycles. The van der Waals surface area contributed by atoms with Crippen LogP contribution in [-0.2, 0) is 28.3 Å². The number of fused-ring (bicyclic) bond motifs is 4. The fourth-order valence-electron chi connectivity index (χ4n) is 8.06. The van der Waals surface area contributed by atoms with Crippen molar-refractivity contribution in [1.82, 2.24) is 4.72 Å². The van der Waals surface area contributed by atoms with Gasteiger partial charge in [-0.1, -0.05) is 36.7 Å². The summed E-state index contributed by atoms with van der Waals surface area (Å²) < 4.78 is 36.7. The molecule has 2 aliphatic carbocycles. The number of allylic oxidation sites excluding steroid dienone is 1. The van der Waals surface area contributed by atoms with Gasteiger partial charge in [0.25, 0.3) is 5.91 Å². The standard InChI is InChI=1S/C36H41ClN2O5S2/c1-23-4-2-6-32(40)29-10-7-27(29)19-39-21-36(14-3-5-25-17-28(37)9-11-30(25)36)22-44-33-12-8-26(18-31(33)39)35(41)38-46(42,43)34(23)16-24-13-15-45-20-24/h2,6,8-9,11-13,15,17-18,20,23,27,29,32,34,40H,3-5,7,10,14,16,19,21-22H2,1H3,(H,38,41)/b6-2-/t23-,27-,29+,32-,34+,36-/m0/s1. The maximum atomic E-state index is 13.9. The third-order valence-electron chi connectivity index (χ3n) is 10.8. The summed E-state index contributed by atoms with van der Waals surface area (Å²) in [5.74, 6) is 0.141. The Labute approximate surface area is 280 Å². The van der Waals surface area contributed by atoms with E-state index < -0.39 is 27.3 Å². The SMILES string of the molecule is C[C@H]1C/C=C\[C@H](O)[C@@H]2CC[C@H]2CN2C[C@@]3(CCCc4cc(Cl)ccc43)COc3ccc(cc32)C(=O)NS(=O)(=O)[C@@H]1Cc1ccsc1. The van der Waals surface area contributed by atoms with E-state index in [1.807, 2.05) is 42.0 Å². The summed E-state index contributed by atoms with van der Waals surface area (Å²) in [6.07, 6.45) is 8.85. The zero-order valence-electron chi connectivity index (χ0n) is 26.0. The van der Waals surface area contributed by atoms with Crippen molar-refractivity contribution >= 4 is 44.6 Å². The van der Waals surface area contributed by atoms with E-state index >= 15 is 0 Å². The van der Waals surface area contributed by atoms with E-state index in [9.17, 15) is 18.3 Å². The first-order chi connectivity index (χ1) is 22.1. The highest BCUT2D eigenvalue weighted by Crippen LogP contribution is 2.47. The van der Waals surface area contributed by atoms with Crippen LogP contribution in [0.1, 0.15) is 66.1 Å². The first kappa shape index (κ1) is 31.7. The van der Waals surface area contributed by atoms with Crippen molar-refractivity contribution in [1.29, 1.82) is 0 Å². The number of hydrogen-bond donors (Lipinski definition) is 2. The number of amides is 1. The predicted octanol–water partition coefficient (Wildman–Crippen LogP) is 6.53. The lowest BCUT2D eigenvalue weighted by atomic mass is 9.68. The van der Waals surface area contributed by atoms with Gasteiger partial charge in [0.15, 0.2) is 0 Å². The fraction of sp³-hybridized carbons (Fsp3) is 0.472. The van der Waals surface area contributed by atoms with E-state index in [4.69, 9.17) is 16.3 Å². The molecule has 3 aromatic rings. The number of hydrogen-bond acceptors (Lipinski definition) is 7. The summed E-state index contributed by atoms with van der Waals surface area (Å²) in [6, 6.07) is 13.4. The van der Waals surface area contributed by atoms with Crippen molar-refractivity contribution in [3.05, 3.63) is 92.7 Å². The van der Waals surface area contributed by atoms with Crippen LogP contribution >= 0.6 is 22.9 Å². The summed E-state index contributed by atoms with van der Waals surface area (Å²) in [4.78, 5) is 16.0. The molecule has 4 aliphatic rings. The number of carbonyl (C=O) groups excluding carboxylic acids is 1. The third kappa shape index (κ3) is 6.12. The number of sulfonamides is 1. The van der Waals surface area contributed by atoms with E-state index in [-0.39, 0.29) is 28.7 Å². The molecule has 1 aromatic heterocycles. The highest BCUT2D eigenvalue weighted by atomic mass is 35.5. The van der Waals surface area contributed by atoms with Crippen LogP contribution in [0, 0.1) is 17.8 Å². The molecule has 1 fully saturated rings. The van der Waals surface area contributed by atoms with E-state index in [0.29, 0.717) is 38.3 Å². The number of rotatable bonds is 2. The average molecular weight is 681 g/mol. The minimum Gasteiger partial charge on any atom is -0.490 e. The Morgan fingerprint density at radius 1 is 1.17 bits per heavy atom. The number of nitrogens with zero attached hydrogens (tertiary/aromatic N) is 1. The van der Waals surface area contributed by atoms with Gasteiger partial charge in [0.1, 0.15) is 5.75 Å². The van der Waals surface area contributed by atoms with Gasteiger partial charge in [-0.05, 0) is 127 Å². The van der Waals surface area contributed by atoms with Gasteiger partial charge in [-0.3, -0.25) is 4.79 Å².